The molecule has 1 heterocycles. The highest BCUT2D eigenvalue weighted by Gasteiger charge is 2.05. The molecule has 0 fully saturated rings. The van der Waals surface area contributed by atoms with Gasteiger partial charge in [0, 0.05) is 11.3 Å². The summed E-state index contributed by atoms with van der Waals surface area (Å²) in [5.74, 6) is -1.17. The highest BCUT2D eigenvalue weighted by molar-refractivity contribution is 5.76. The van der Waals surface area contributed by atoms with E-state index in [0.29, 0.717) is 5.69 Å². The van der Waals surface area contributed by atoms with Crippen LogP contribution in [0.15, 0.2) is 12.1 Å². The zero-order valence-corrected chi connectivity index (χ0v) is 6.67. The Morgan fingerprint density at radius 3 is 2.83 bits per heavy atom. The fourth-order valence-corrected chi connectivity index (χ4v) is 0.873. The van der Waals surface area contributed by atoms with Crippen molar-refractivity contribution in [2.45, 2.75) is 13.3 Å². The van der Waals surface area contributed by atoms with Gasteiger partial charge in [-0.3, -0.25) is 4.79 Å². The number of amides is 1. The minimum Gasteiger partial charge on any atom is -0.369 e. The molecular formula is C8H9FN2O. The van der Waals surface area contributed by atoms with Crippen molar-refractivity contribution in [2.24, 2.45) is 5.73 Å². The molecular weight excluding hydrogens is 159 g/mol. The average Bonchev–Trinajstić information content (AvgIpc) is 1.94. The maximum Gasteiger partial charge on any atom is 0.222 e. The third-order valence-corrected chi connectivity index (χ3v) is 1.43. The number of rotatable bonds is 2. The first kappa shape index (κ1) is 8.64. The lowest BCUT2D eigenvalue weighted by Gasteiger charge is -1.99. The Balaban J connectivity index is 2.93. The first-order valence-electron chi connectivity index (χ1n) is 3.50. The monoisotopic (exact) mass is 168 g/mol. The zero-order chi connectivity index (χ0) is 9.14. The number of carbonyl (C=O) groups excluding carboxylic acids is 1. The summed E-state index contributed by atoms with van der Waals surface area (Å²) in [7, 11) is 0. The van der Waals surface area contributed by atoms with E-state index in [1.54, 1.807) is 13.0 Å². The van der Waals surface area contributed by atoms with Crippen molar-refractivity contribution in [3.8, 4) is 0 Å². The number of hydrogen-bond donors (Lipinski definition) is 1. The Bertz CT molecular complexity index is 312. The molecule has 3 nitrogen and oxygen atoms in total. The summed E-state index contributed by atoms with van der Waals surface area (Å²) >= 11 is 0. The maximum atomic E-state index is 12.9. The lowest BCUT2D eigenvalue weighted by molar-refractivity contribution is -0.117. The third-order valence-electron chi connectivity index (χ3n) is 1.43. The van der Waals surface area contributed by atoms with Crippen LogP contribution in [-0.2, 0) is 11.2 Å². The number of halogens is 1. The lowest BCUT2D eigenvalue weighted by atomic mass is 10.2. The van der Waals surface area contributed by atoms with Gasteiger partial charge in [0.05, 0.1) is 6.42 Å². The maximum absolute atomic E-state index is 12.9. The van der Waals surface area contributed by atoms with E-state index in [9.17, 15) is 9.18 Å². The number of primary amides is 1. The smallest absolute Gasteiger partial charge is 0.222 e. The van der Waals surface area contributed by atoms with Crippen molar-refractivity contribution in [2.75, 3.05) is 0 Å². The molecule has 64 valence electrons. The van der Waals surface area contributed by atoms with Crippen LogP contribution in [0.25, 0.3) is 0 Å². The first-order chi connectivity index (χ1) is 5.59. The first-order valence-corrected chi connectivity index (χ1v) is 3.50. The second kappa shape index (κ2) is 3.30. The molecule has 0 unspecified atom stereocenters. The van der Waals surface area contributed by atoms with Crippen molar-refractivity contribution in [1.82, 2.24) is 4.98 Å². The fraction of sp³-hybridized carbons (Fsp3) is 0.250. The van der Waals surface area contributed by atoms with Crippen molar-refractivity contribution in [3.63, 3.8) is 0 Å². The number of aromatic nitrogens is 1. The van der Waals surface area contributed by atoms with Gasteiger partial charge in [-0.1, -0.05) is 6.07 Å². The molecule has 0 aliphatic heterocycles. The van der Waals surface area contributed by atoms with Gasteiger partial charge in [0.15, 0.2) is 0 Å². The van der Waals surface area contributed by atoms with Gasteiger partial charge in [-0.15, -0.1) is 0 Å². The van der Waals surface area contributed by atoms with E-state index in [1.165, 1.54) is 6.07 Å². The molecule has 0 aliphatic carbocycles. The van der Waals surface area contributed by atoms with Gasteiger partial charge in [-0.25, -0.2) is 4.98 Å². The second-order valence-electron chi connectivity index (χ2n) is 2.55. The molecule has 0 saturated carbocycles. The lowest BCUT2D eigenvalue weighted by Crippen LogP contribution is -2.15. The average molecular weight is 168 g/mol. The largest absolute Gasteiger partial charge is 0.369 e. The van der Waals surface area contributed by atoms with Gasteiger partial charge in [0.1, 0.15) is 0 Å². The summed E-state index contributed by atoms with van der Waals surface area (Å²) in [6.45, 7) is 1.68. The van der Waals surface area contributed by atoms with Crippen LogP contribution < -0.4 is 5.73 Å². The van der Waals surface area contributed by atoms with Crippen molar-refractivity contribution >= 4 is 5.91 Å². The van der Waals surface area contributed by atoms with E-state index < -0.39 is 11.9 Å². The van der Waals surface area contributed by atoms with E-state index >= 15 is 0 Å². The molecule has 0 aliphatic rings. The molecule has 0 bridgehead atoms. The van der Waals surface area contributed by atoms with Gasteiger partial charge in [0.25, 0.3) is 0 Å². The summed E-state index contributed by atoms with van der Waals surface area (Å²) in [6.07, 6.45) is -0.0981. The number of pyridine rings is 1. The Kier molecular flexibility index (Phi) is 2.38. The van der Waals surface area contributed by atoms with Gasteiger partial charge in [-0.2, -0.15) is 4.39 Å². The molecule has 1 aromatic heterocycles. The standard InChI is InChI=1S/C8H9FN2O/c1-5-2-3-6(4-7(10)12)8(9)11-5/h2-3H,4H2,1H3,(H2,10,12). The van der Waals surface area contributed by atoms with E-state index in [2.05, 4.69) is 4.98 Å². The Hall–Kier alpha value is -1.45. The van der Waals surface area contributed by atoms with Gasteiger partial charge >= 0.3 is 0 Å². The number of nitrogens with two attached hydrogens (primary N) is 1. The minimum absolute atomic E-state index is 0.0981. The van der Waals surface area contributed by atoms with E-state index in [0.717, 1.165) is 0 Å². The predicted octanol–water partition coefficient (Wildman–Crippen LogP) is 0.557. The molecule has 2 N–H and O–H groups in total. The predicted molar refractivity (Wildman–Crippen MR) is 41.8 cm³/mol. The minimum atomic E-state index is -0.617. The van der Waals surface area contributed by atoms with Crippen molar-refractivity contribution in [3.05, 3.63) is 29.3 Å². The summed E-state index contributed by atoms with van der Waals surface area (Å²) in [4.78, 5) is 14.0. The number of carbonyl (C=O) groups is 1. The number of hydrogen-bond acceptors (Lipinski definition) is 2. The molecule has 0 radical (unpaired) electrons. The highest BCUT2D eigenvalue weighted by atomic mass is 19.1. The SMILES string of the molecule is Cc1ccc(CC(N)=O)c(F)n1. The number of nitrogens with zero attached hydrogens (tertiary/aromatic N) is 1. The molecule has 1 rings (SSSR count). The topological polar surface area (TPSA) is 56.0 Å². The van der Waals surface area contributed by atoms with Crippen LogP contribution in [-0.4, -0.2) is 10.9 Å². The quantitative estimate of drug-likeness (QED) is 0.656. The molecule has 0 saturated heterocycles. The molecule has 1 aromatic rings. The normalized spacial score (nSPS) is 9.83. The van der Waals surface area contributed by atoms with Crippen molar-refractivity contribution in [1.29, 1.82) is 0 Å². The van der Waals surface area contributed by atoms with Gasteiger partial charge in [0.2, 0.25) is 11.9 Å². The van der Waals surface area contributed by atoms with Gasteiger partial charge < -0.3 is 5.73 Å². The molecule has 0 atom stereocenters. The molecule has 1 amide bonds. The van der Waals surface area contributed by atoms with Crippen LogP contribution in [0.5, 0.6) is 0 Å². The third kappa shape index (κ3) is 2.02. The van der Waals surface area contributed by atoms with Crippen LogP contribution in [0.3, 0.4) is 0 Å². The Morgan fingerprint density at radius 2 is 2.33 bits per heavy atom. The van der Waals surface area contributed by atoms with Gasteiger partial charge in [-0.05, 0) is 13.0 Å². The zero-order valence-electron chi connectivity index (χ0n) is 6.67. The number of aryl methyl sites for hydroxylation is 1. The summed E-state index contributed by atoms with van der Waals surface area (Å²) in [5.41, 5.74) is 5.73. The molecule has 4 heteroatoms. The molecule has 0 aromatic carbocycles. The van der Waals surface area contributed by atoms with E-state index in [1.807, 2.05) is 0 Å². The molecule has 0 spiro atoms. The summed E-state index contributed by atoms with van der Waals surface area (Å²) in [6, 6.07) is 3.16. The van der Waals surface area contributed by atoms with Crippen LogP contribution >= 0.6 is 0 Å². The van der Waals surface area contributed by atoms with Crippen LogP contribution in [0.1, 0.15) is 11.3 Å². The summed E-state index contributed by atoms with van der Waals surface area (Å²) < 4.78 is 12.9. The van der Waals surface area contributed by atoms with Crippen LogP contribution in [0.2, 0.25) is 0 Å². The van der Waals surface area contributed by atoms with Crippen LogP contribution in [0, 0.1) is 12.9 Å². The molecule has 12 heavy (non-hydrogen) atoms. The van der Waals surface area contributed by atoms with E-state index in [-0.39, 0.29) is 12.0 Å². The highest BCUT2D eigenvalue weighted by Crippen LogP contribution is 2.05. The summed E-state index contributed by atoms with van der Waals surface area (Å²) in [5, 5.41) is 0. The Morgan fingerprint density at radius 1 is 1.67 bits per heavy atom. The Labute approximate surface area is 69.4 Å². The van der Waals surface area contributed by atoms with Crippen molar-refractivity contribution < 1.29 is 9.18 Å². The van der Waals surface area contributed by atoms with E-state index in [4.69, 9.17) is 5.73 Å². The second-order valence-corrected chi connectivity index (χ2v) is 2.55. The fourth-order valence-electron chi connectivity index (χ4n) is 0.873. The van der Waals surface area contributed by atoms with Crippen LogP contribution in [0.4, 0.5) is 4.39 Å².